The fourth-order valence-electron chi connectivity index (χ4n) is 2.44. The summed E-state index contributed by atoms with van der Waals surface area (Å²) in [5.41, 5.74) is 1.47. The van der Waals surface area contributed by atoms with Crippen molar-refractivity contribution in [2.24, 2.45) is 0 Å². The number of benzene rings is 1. The van der Waals surface area contributed by atoms with E-state index < -0.39 is 12.6 Å². The number of nitrogens with one attached hydrogen (secondary N) is 1. The summed E-state index contributed by atoms with van der Waals surface area (Å²) >= 11 is 0. The number of carbonyl (C=O) groups is 1. The van der Waals surface area contributed by atoms with Crippen LogP contribution in [0.25, 0.3) is 11.4 Å². The van der Waals surface area contributed by atoms with Crippen LogP contribution in [0.4, 0.5) is 18.9 Å². The maximum atomic E-state index is 12.4. The molecule has 142 valence electrons. The topological polar surface area (TPSA) is 81.2 Å². The van der Waals surface area contributed by atoms with Crippen molar-refractivity contribution in [3.63, 3.8) is 0 Å². The molecule has 6 nitrogen and oxygen atoms in total. The molecule has 1 N–H and O–H groups in total. The fraction of sp³-hybridized carbons (Fsp3) is 0.278. The van der Waals surface area contributed by atoms with Crippen molar-refractivity contribution in [3.05, 3.63) is 54.3 Å². The minimum atomic E-state index is -4.25. The van der Waals surface area contributed by atoms with Crippen LogP contribution < -0.4 is 5.32 Å². The van der Waals surface area contributed by atoms with E-state index in [1.165, 1.54) is 12.5 Å². The Kier molecular flexibility index (Phi) is 5.58. The molecule has 0 fully saturated rings. The molecule has 0 aliphatic rings. The van der Waals surface area contributed by atoms with Gasteiger partial charge in [0.2, 0.25) is 17.6 Å². The van der Waals surface area contributed by atoms with Crippen molar-refractivity contribution in [3.8, 4) is 11.4 Å². The Morgan fingerprint density at radius 1 is 1.15 bits per heavy atom. The quantitative estimate of drug-likeness (QED) is 0.658. The molecule has 0 saturated carbocycles. The number of rotatable bonds is 7. The number of aryl methyl sites for hydroxylation is 2. The van der Waals surface area contributed by atoms with Crippen LogP contribution in [0, 0.1) is 0 Å². The van der Waals surface area contributed by atoms with Crippen LogP contribution >= 0.6 is 0 Å². The van der Waals surface area contributed by atoms with Crippen molar-refractivity contribution in [1.29, 1.82) is 0 Å². The molecule has 0 aliphatic carbocycles. The number of aromatic nitrogens is 2. The molecule has 0 saturated heterocycles. The Morgan fingerprint density at radius 2 is 1.96 bits per heavy atom. The molecule has 27 heavy (non-hydrogen) atoms. The first-order valence-corrected chi connectivity index (χ1v) is 8.20. The lowest BCUT2D eigenvalue weighted by Gasteiger charge is -2.12. The average molecular weight is 379 g/mol. The third-order valence-electron chi connectivity index (χ3n) is 3.78. The number of furan rings is 1. The predicted octanol–water partition coefficient (Wildman–Crippen LogP) is 4.40. The number of hydrogen-bond donors (Lipinski definition) is 1. The molecule has 2 aromatic heterocycles. The van der Waals surface area contributed by atoms with E-state index in [9.17, 15) is 18.0 Å². The Bertz CT molecular complexity index is 889. The van der Waals surface area contributed by atoms with E-state index in [1.54, 1.807) is 30.3 Å². The highest BCUT2D eigenvalue weighted by atomic mass is 19.4. The van der Waals surface area contributed by atoms with E-state index in [4.69, 9.17) is 8.94 Å². The standard InChI is InChI=1S/C18H16F3N3O3/c19-18(20,21)9-7-12-3-1-2-4-14(12)22-15(25)5-6-16-23-17(24-27-16)13-8-10-26-11-13/h1-4,8,10-11H,5-7,9H2,(H,22,25). The molecule has 0 bridgehead atoms. The van der Waals surface area contributed by atoms with Crippen LogP contribution in [0.5, 0.6) is 0 Å². The van der Waals surface area contributed by atoms with Gasteiger partial charge < -0.3 is 14.3 Å². The number of hydrogen-bond acceptors (Lipinski definition) is 5. The van der Waals surface area contributed by atoms with Gasteiger partial charge in [0.25, 0.3) is 0 Å². The molecule has 9 heteroatoms. The number of amides is 1. The third-order valence-corrected chi connectivity index (χ3v) is 3.78. The summed E-state index contributed by atoms with van der Waals surface area (Å²) in [6.45, 7) is 0. The minimum absolute atomic E-state index is 0.0562. The van der Waals surface area contributed by atoms with Gasteiger partial charge in [-0.3, -0.25) is 4.79 Å². The Balaban J connectivity index is 1.55. The summed E-state index contributed by atoms with van der Waals surface area (Å²) in [5.74, 6) is 0.292. The second-order valence-corrected chi connectivity index (χ2v) is 5.84. The number of anilines is 1. The van der Waals surface area contributed by atoms with Gasteiger partial charge in [-0.05, 0) is 24.1 Å². The van der Waals surface area contributed by atoms with Crippen LogP contribution in [-0.2, 0) is 17.6 Å². The van der Waals surface area contributed by atoms with Crippen molar-refractivity contribution in [1.82, 2.24) is 10.1 Å². The van der Waals surface area contributed by atoms with Crippen LogP contribution in [0.3, 0.4) is 0 Å². The average Bonchev–Trinajstić information content (AvgIpc) is 3.30. The Labute approximate surface area is 152 Å². The largest absolute Gasteiger partial charge is 0.472 e. The van der Waals surface area contributed by atoms with E-state index in [0.717, 1.165) is 0 Å². The first-order chi connectivity index (χ1) is 12.9. The number of alkyl halides is 3. The summed E-state index contributed by atoms with van der Waals surface area (Å²) in [6, 6.07) is 8.11. The monoisotopic (exact) mass is 379 g/mol. The molecule has 1 amide bonds. The molecule has 0 spiro atoms. The second-order valence-electron chi connectivity index (χ2n) is 5.84. The van der Waals surface area contributed by atoms with Crippen molar-refractivity contribution in [2.75, 3.05) is 5.32 Å². The minimum Gasteiger partial charge on any atom is -0.472 e. The molecule has 3 aromatic rings. The summed E-state index contributed by atoms with van der Waals surface area (Å²) in [4.78, 5) is 16.3. The van der Waals surface area contributed by atoms with Crippen LogP contribution in [0.1, 0.15) is 24.3 Å². The second kappa shape index (κ2) is 8.07. The fourth-order valence-corrected chi connectivity index (χ4v) is 2.44. The zero-order valence-corrected chi connectivity index (χ0v) is 14.1. The molecule has 1 aromatic carbocycles. The van der Waals surface area contributed by atoms with Crippen molar-refractivity contribution in [2.45, 2.75) is 31.9 Å². The highest BCUT2D eigenvalue weighted by molar-refractivity contribution is 5.91. The van der Waals surface area contributed by atoms with Gasteiger partial charge in [0.05, 0.1) is 11.8 Å². The summed E-state index contributed by atoms with van der Waals surface area (Å²) in [6.07, 6.45) is -2.17. The van der Waals surface area contributed by atoms with Gasteiger partial charge in [-0.1, -0.05) is 23.4 Å². The number of nitrogens with zero attached hydrogens (tertiary/aromatic N) is 2. The summed E-state index contributed by atoms with van der Waals surface area (Å²) in [7, 11) is 0. The number of halogens is 3. The maximum absolute atomic E-state index is 12.4. The number of carbonyl (C=O) groups excluding carboxylic acids is 1. The van der Waals surface area contributed by atoms with Gasteiger partial charge in [0.1, 0.15) is 6.26 Å². The highest BCUT2D eigenvalue weighted by Crippen LogP contribution is 2.25. The first-order valence-electron chi connectivity index (χ1n) is 8.20. The summed E-state index contributed by atoms with van der Waals surface area (Å²) in [5, 5.41) is 6.44. The lowest BCUT2D eigenvalue weighted by molar-refractivity contribution is -0.133. The Hall–Kier alpha value is -3.10. The lowest BCUT2D eigenvalue weighted by atomic mass is 10.1. The van der Waals surface area contributed by atoms with Crippen LogP contribution in [0.2, 0.25) is 0 Å². The first kappa shape index (κ1) is 18.7. The van der Waals surface area contributed by atoms with E-state index in [2.05, 4.69) is 15.5 Å². The van der Waals surface area contributed by atoms with Gasteiger partial charge in [-0.2, -0.15) is 18.2 Å². The summed E-state index contributed by atoms with van der Waals surface area (Å²) < 4.78 is 47.3. The molecule has 0 aliphatic heterocycles. The molecule has 0 radical (unpaired) electrons. The molecular formula is C18H16F3N3O3. The molecule has 3 rings (SSSR count). The van der Waals surface area contributed by atoms with Crippen LogP contribution in [0.15, 0.2) is 51.8 Å². The SMILES string of the molecule is O=C(CCc1nc(-c2ccoc2)no1)Nc1ccccc1CCC(F)(F)F. The van der Waals surface area contributed by atoms with Gasteiger partial charge in [0, 0.05) is 24.9 Å². The van der Waals surface area contributed by atoms with Gasteiger partial charge in [-0.15, -0.1) is 0 Å². The third kappa shape index (κ3) is 5.44. The number of para-hydroxylation sites is 1. The normalized spacial score (nSPS) is 11.5. The molecule has 2 heterocycles. The zero-order valence-electron chi connectivity index (χ0n) is 14.1. The van der Waals surface area contributed by atoms with Gasteiger partial charge >= 0.3 is 6.18 Å². The van der Waals surface area contributed by atoms with Crippen molar-refractivity contribution >= 4 is 11.6 Å². The smallest absolute Gasteiger partial charge is 0.389 e. The maximum Gasteiger partial charge on any atom is 0.389 e. The van der Waals surface area contributed by atoms with E-state index in [0.29, 0.717) is 22.6 Å². The molecule has 0 unspecified atom stereocenters. The van der Waals surface area contributed by atoms with Crippen LogP contribution in [-0.4, -0.2) is 22.2 Å². The lowest BCUT2D eigenvalue weighted by Crippen LogP contribution is -2.15. The van der Waals surface area contributed by atoms with Gasteiger partial charge in [0.15, 0.2) is 0 Å². The molecule has 0 atom stereocenters. The zero-order chi connectivity index (χ0) is 19.3. The van der Waals surface area contributed by atoms with E-state index in [1.807, 2.05) is 0 Å². The highest BCUT2D eigenvalue weighted by Gasteiger charge is 2.27. The molecular weight excluding hydrogens is 363 g/mol. The predicted molar refractivity (Wildman–Crippen MR) is 89.8 cm³/mol. The van der Waals surface area contributed by atoms with E-state index in [-0.39, 0.29) is 31.1 Å². The van der Waals surface area contributed by atoms with Gasteiger partial charge in [-0.25, -0.2) is 0 Å². The van der Waals surface area contributed by atoms with E-state index >= 15 is 0 Å². The van der Waals surface area contributed by atoms with Crippen molar-refractivity contribution < 1.29 is 26.9 Å². The Morgan fingerprint density at radius 3 is 2.70 bits per heavy atom.